The highest BCUT2D eigenvalue weighted by Crippen LogP contribution is 2.64. The molecule has 0 saturated carbocycles. The number of para-hydroxylation sites is 4. The maximum Gasteiger partial charge on any atom is 0.0725 e. The zero-order valence-electron chi connectivity index (χ0n) is 42.0. The summed E-state index contributed by atoms with van der Waals surface area (Å²) in [6, 6.07) is 105. The number of hydrogen-bond donors (Lipinski definition) is 0. The van der Waals surface area contributed by atoms with Gasteiger partial charge < -0.3 is 9.13 Å². The van der Waals surface area contributed by atoms with Crippen molar-refractivity contribution >= 4 is 65.2 Å². The first-order valence-corrected chi connectivity index (χ1v) is 26.8. The minimum atomic E-state index is -0.464. The molecule has 0 unspecified atom stereocenters. The molecule has 0 N–H and O–H groups in total. The van der Waals surface area contributed by atoms with Gasteiger partial charge in [-0.2, -0.15) is 0 Å². The maximum absolute atomic E-state index is 2.51. The lowest BCUT2D eigenvalue weighted by Gasteiger charge is -2.30. The zero-order valence-corrected chi connectivity index (χ0v) is 42.0. The van der Waals surface area contributed by atoms with E-state index in [1.54, 1.807) is 0 Å². The van der Waals surface area contributed by atoms with Gasteiger partial charge in [0.15, 0.2) is 0 Å². The van der Waals surface area contributed by atoms with Crippen molar-refractivity contribution < 1.29 is 0 Å². The van der Waals surface area contributed by atoms with Crippen LogP contribution >= 0.6 is 0 Å². The van der Waals surface area contributed by atoms with Crippen molar-refractivity contribution in [1.82, 2.24) is 9.13 Å². The van der Waals surface area contributed by atoms with E-state index in [9.17, 15) is 0 Å². The average molecular weight is 975 g/mol. The third-order valence-corrected chi connectivity index (χ3v) is 17.3. The number of hydrogen-bond acceptors (Lipinski definition) is 0. The highest BCUT2D eigenvalue weighted by atomic mass is 15.0. The summed E-state index contributed by atoms with van der Waals surface area (Å²) in [7, 11) is 0. The lowest BCUT2D eigenvalue weighted by atomic mass is 9.70. The molecule has 0 fully saturated rings. The van der Waals surface area contributed by atoms with E-state index in [1.165, 1.54) is 143 Å². The first kappa shape index (κ1) is 42.3. The molecule has 0 atom stereocenters. The molecule has 77 heavy (non-hydrogen) atoms. The highest BCUT2D eigenvalue weighted by molar-refractivity contribution is 6.22. The standard InChI is InChI=1S/C75H46N2/c1-3-20-49(21-4-1)76-69-38-15-10-26-55(69)63-44-47(40-42-71(63)76)51-29-17-31-57-61(51)46-62-52(48-41-43-72-64(45-48)56-27-11-16-39-70(56)77(72)50-22-5-2-6-23-50)30-18-32-58(62)73(57)60-33-19-37-68-74(60)59-28-9-14-36-67(59)75(68)65-34-12-7-24-53(65)54-25-8-13-35-66(54)75/h1-46H. The van der Waals surface area contributed by atoms with Gasteiger partial charge in [0, 0.05) is 32.9 Å². The smallest absolute Gasteiger partial charge is 0.0725 e. The van der Waals surface area contributed by atoms with Gasteiger partial charge in [-0.05, 0) is 166 Å². The molecule has 2 heteroatoms. The Kier molecular flexibility index (Phi) is 8.80. The lowest BCUT2D eigenvalue weighted by Crippen LogP contribution is -2.25. The first-order chi connectivity index (χ1) is 38.2. The van der Waals surface area contributed by atoms with Gasteiger partial charge >= 0.3 is 0 Å². The van der Waals surface area contributed by atoms with Gasteiger partial charge in [-0.3, -0.25) is 0 Å². The topological polar surface area (TPSA) is 9.86 Å². The van der Waals surface area contributed by atoms with Gasteiger partial charge in [0.2, 0.25) is 0 Å². The molecule has 0 amide bonds. The van der Waals surface area contributed by atoms with Crippen LogP contribution in [0.5, 0.6) is 0 Å². The van der Waals surface area contributed by atoms with Gasteiger partial charge in [-0.1, -0.05) is 212 Å². The maximum atomic E-state index is 2.51. The third-order valence-electron chi connectivity index (χ3n) is 17.3. The van der Waals surface area contributed by atoms with Crippen LogP contribution < -0.4 is 0 Å². The van der Waals surface area contributed by atoms with Crippen molar-refractivity contribution in [2.75, 3.05) is 0 Å². The summed E-state index contributed by atoms with van der Waals surface area (Å²) in [5.74, 6) is 0. The molecule has 356 valence electrons. The first-order valence-electron chi connectivity index (χ1n) is 26.8. The number of aromatic nitrogens is 2. The van der Waals surface area contributed by atoms with Crippen LogP contribution in [0.4, 0.5) is 0 Å². The Labute approximate surface area is 445 Å². The van der Waals surface area contributed by atoms with Crippen LogP contribution in [0.3, 0.4) is 0 Å². The van der Waals surface area contributed by atoms with E-state index in [1.807, 2.05) is 0 Å². The van der Waals surface area contributed by atoms with E-state index in [0.717, 1.165) is 11.4 Å². The Bertz CT molecular complexity index is 4710. The Hall–Kier alpha value is -10.0. The molecule has 2 nitrogen and oxygen atoms in total. The molecule has 0 saturated heterocycles. The Morgan fingerprint density at radius 3 is 1.12 bits per heavy atom. The van der Waals surface area contributed by atoms with Crippen molar-refractivity contribution in [3.8, 4) is 67.0 Å². The third kappa shape index (κ3) is 5.74. The number of fused-ring (bicyclic) bond motifs is 18. The van der Waals surface area contributed by atoms with Crippen LogP contribution in [0.2, 0.25) is 0 Å². The van der Waals surface area contributed by atoms with Crippen LogP contribution in [-0.2, 0) is 5.41 Å². The van der Waals surface area contributed by atoms with E-state index in [4.69, 9.17) is 0 Å². The van der Waals surface area contributed by atoms with Crippen LogP contribution in [-0.4, -0.2) is 9.13 Å². The molecular formula is C75H46N2. The molecule has 17 rings (SSSR count). The minimum Gasteiger partial charge on any atom is -0.309 e. The molecule has 0 radical (unpaired) electrons. The quantitative estimate of drug-likeness (QED) is 0.152. The fraction of sp³-hybridized carbons (Fsp3) is 0.0133. The summed E-state index contributed by atoms with van der Waals surface area (Å²) in [4.78, 5) is 0. The molecule has 0 aliphatic heterocycles. The van der Waals surface area contributed by atoms with Crippen molar-refractivity contribution in [3.63, 3.8) is 0 Å². The predicted octanol–water partition coefficient (Wildman–Crippen LogP) is 19.5. The number of nitrogens with zero attached hydrogens (tertiary/aromatic N) is 2. The Morgan fingerprint density at radius 1 is 0.208 bits per heavy atom. The number of benzene rings is 13. The summed E-state index contributed by atoms with van der Waals surface area (Å²) in [5.41, 5.74) is 24.6. The zero-order chi connectivity index (χ0) is 50.3. The molecule has 2 aromatic heterocycles. The molecule has 2 heterocycles. The second-order valence-electron chi connectivity index (χ2n) is 21.0. The van der Waals surface area contributed by atoms with Crippen LogP contribution in [0.15, 0.2) is 279 Å². The van der Waals surface area contributed by atoms with Gasteiger partial charge in [0.25, 0.3) is 0 Å². The van der Waals surface area contributed by atoms with Gasteiger partial charge in [0.1, 0.15) is 0 Å². The predicted molar refractivity (Wildman–Crippen MR) is 323 cm³/mol. The van der Waals surface area contributed by atoms with Gasteiger partial charge in [-0.25, -0.2) is 0 Å². The van der Waals surface area contributed by atoms with Crippen molar-refractivity contribution in [3.05, 3.63) is 301 Å². The van der Waals surface area contributed by atoms with Crippen LogP contribution in [0.1, 0.15) is 22.3 Å². The normalized spacial score (nSPS) is 13.0. The van der Waals surface area contributed by atoms with Crippen LogP contribution in [0.25, 0.3) is 132 Å². The highest BCUT2D eigenvalue weighted by Gasteiger charge is 2.52. The van der Waals surface area contributed by atoms with E-state index >= 15 is 0 Å². The summed E-state index contributed by atoms with van der Waals surface area (Å²) >= 11 is 0. The van der Waals surface area contributed by atoms with E-state index in [-0.39, 0.29) is 0 Å². The molecule has 0 bridgehead atoms. The number of rotatable bonds is 5. The van der Waals surface area contributed by atoms with Crippen LogP contribution in [0, 0.1) is 0 Å². The van der Waals surface area contributed by atoms with Crippen molar-refractivity contribution in [1.29, 1.82) is 0 Å². The molecular weight excluding hydrogens is 929 g/mol. The monoisotopic (exact) mass is 974 g/mol. The SMILES string of the molecule is c1ccc(-n2c3ccccc3c3cc(-c4cccc5c(-c6cccc7c6-c6ccccc6C76c7ccccc7-c7ccccc76)c6cccc(-c7ccc8c(c7)c7ccccc7n8-c7ccccc7)c6cc45)ccc32)cc1. The fourth-order valence-electron chi connectivity index (χ4n) is 14.3. The fourth-order valence-corrected chi connectivity index (χ4v) is 14.3. The van der Waals surface area contributed by atoms with Gasteiger partial charge in [-0.15, -0.1) is 0 Å². The average Bonchev–Trinajstić information content (AvgIpc) is 3.83. The lowest BCUT2D eigenvalue weighted by molar-refractivity contribution is 0.794. The molecule has 2 aliphatic rings. The molecule has 15 aromatic rings. The molecule has 1 spiro atoms. The summed E-state index contributed by atoms with van der Waals surface area (Å²) in [6.45, 7) is 0. The van der Waals surface area contributed by atoms with Gasteiger partial charge in [0.05, 0.1) is 27.5 Å². The summed E-state index contributed by atoms with van der Waals surface area (Å²) in [5, 5.41) is 9.89. The van der Waals surface area contributed by atoms with E-state index in [0.29, 0.717) is 0 Å². The Morgan fingerprint density at radius 2 is 0.584 bits per heavy atom. The molecule has 2 aliphatic carbocycles. The second-order valence-corrected chi connectivity index (χ2v) is 21.0. The van der Waals surface area contributed by atoms with E-state index < -0.39 is 5.41 Å². The minimum absolute atomic E-state index is 0.464. The molecule has 13 aromatic carbocycles. The van der Waals surface area contributed by atoms with Crippen molar-refractivity contribution in [2.45, 2.75) is 5.41 Å². The summed E-state index contributed by atoms with van der Waals surface area (Å²) < 4.78 is 4.82. The second kappa shape index (κ2) is 16.0. The summed E-state index contributed by atoms with van der Waals surface area (Å²) in [6.07, 6.45) is 0. The Balaban J connectivity index is 0.970. The van der Waals surface area contributed by atoms with E-state index in [2.05, 4.69) is 288 Å². The largest absolute Gasteiger partial charge is 0.309 e. The van der Waals surface area contributed by atoms with Crippen molar-refractivity contribution in [2.24, 2.45) is 0 Å².